The molecule has 0 radical (unpaired) electrons. The van der Waals surface area contributed by atoms with E-state index in [9.17, 15) is 18.8 Å². The first-order chi connectivity index (χ1) is 9.97. The van der Waals surface area contributed by atoms with E-state index in [0.29, 0.717) is 0 Å². The Hall–Kier alpha value is -1.96. The summed E-state index contributed by atoms with van der Waals surface area (Å²) >= 11 is 11.6. The predicted molar refractivity (Wildman–Crippen MR) is 75.5 cm³/mol. The van der Waals surface area contributed by atoms with Gasteiger partial charge in [0.05, 0.1) is 16.7 Å². The lowest BCUT2D eigenvalue weighted by atomic mass is 9.91. The average Bonchev–Trinajstić information content (AvgIpc) is 2.42. The van der Waals surface area contributed by atoms with Crippen molar-refractivity contribution in [2.45, 2.75) is 5.92 Å². The molecule has 0 N–H and O–H groups in total. The summed E-state index contributed by atoms with van der Waals surface area (Å²) in [4.78, 5) is 12.4. The number of carbonyl (C=O) groups is 1. The van der Waals surface area contributed by atoms with Gasteiger partial charge in [-0.05, 0) is 24.3 Å². The molecule has 0 fully saturated rings. The van der Waals surface area contributed by atoms with Crippen LogP contribution in [0.3, 0.4) is 0 Å². The van der Waals surface area contributed by atoms with Gasteiger partial charge in [0.25, 0.3) is 0 Å². The highest BCUT2D eigenvalue weighted by atomic mass is 35.5. The van der Waals surface area contributed by atoms with Crippen LogP contribution < -0.4 is 0 Å². The van der Waals surface area contributed by atoms with E-state index >= 15 is 0 Å². The van der Waals surface area contributed by atoms with E-state index in [2.05, 4.69) is 0 Å². The highest BCUT2D eigenvalue weighted by molar-refractivity contribution is 6.35. The van der Waals surface area contributed by atoms with Crippen molar-refractivity contribution in [3.63, 3.8) is 0 Å². The number of ketones is 1. The molecule has 2 nitrogen and oxygen atoms in total. The van der Waals surface area contributed by atoms with Gasteiger partial charge in [0.2, 0.25) is 0 Å². The maximum Gasteiger partial charge on any atom is 0.189 e. The Morgan fingerprint density at radius 1 is 1.05 bits per heavy atom. The van der Waals surface area contributed by atoms with E-state index in [1.807, 2.05) is 0 Å². The van der Waals surface area contributed by atoms with Crippen molar-refractivity contribution in [2.24, 2.45) is 0 Å². The first kappa shape index (κ1) is 15.4. The summed E-state index contributed by atoms with van der Waals surface area (Å²) < 4.78 is 27.6. The van der Waals surface area contributed by atoms with Gasteiger partial charge in [0.15, 0.2) is 5.78 Å². The Morgan fingerprint density at radius 3 is 2.14 bits per heavy atom. The standard InChI is InChI=1S/C15H7Cl2F2NO/c16-9-3-1-5-11(18)13(9)8(7-20)15(21)14-10(17)4-2-6-12(14)19/h1-6,8H. The van der Waals surface area contributed by atoms with E-state index in [4.69, 9.17) is 23.2 Å². The molecule has 0 aliphatic heterocycles. The van der Waals surface area contributed by atoms with Crippen molar-refractivity contribution in [1.29, 1.82) is 5.26 Å². The molecule has 21 heavy (non-hydrogen) atoms. The molecule has 2 aromatic carbocycles. The van der Waals surface area contributed by atoms with Crippen molar-refractivity contribution in [3.8, 4) is 6.07 Å². The fourth-order valence-corrected chi connectivity index (χ4v) is 2.45. The van der Waals surface area contributed by atoms with Crippen molar-refractivity contribution in [1.82, 2.24) is 0 Å². The highest BCUT2D eigenvalue weighted by Gasteiger charge is 2.30. The van der Waals surface area contributed by atoms with Gasteiger partial charge < -0.3 is 0 Å². The minimum atomic E-state index is -1.58. The summed E-state index contributed by atoms with van der Waals surface area (Å²) in [6, 6.07) is 9.09. The summed E-state index contributed by atoms with van der Waals surface area (Å²) in [5, 5.41) is 8.95. The Bertz CT molecular complexity index is 715. The van der Waals surface area contributed by atoms with Crippen LogP contribution in [0.2, 0.25) is 10.0 Å². The number of halogens is 4. The molecule has 0 aliphatic rings. The van der Waals surface area contributed by atoms with E-state index in [0.717, 1.165) is 12.1 Å². The maximum atomic E-state index is 13.9. The van der Waals surface area contributed by atoms with Crippen LogP contribution in [0.1, 0.15) is 21.8 Å². The molecule has 0 spiro atoms. The van der Waals surface area contributed by atoms with Crippen LogP contribution in [0, 0.1) is 23.0 Å². The second-order valence-electron chi connectivity index (χ2n) is 4.16. The minimum absolute atomic E-state index is 0.0811. The average molecular weight is 326 g/mol. The zero-order valence-electron chi connectivity index (χ0n) is 10.4. The van der Waals surface area contributed by atoms with Gasteiger partial charge in [-0.2, -0.15) is 5.26 Å². The molecule has 1 atom stereocenters. The van der Waals surface area contributed by atoms with Gasteiger partial charge in [-0.15, -0.1) is 0 Å². The van der Waals surface area contributed by atoms with Gasteiger partial charge >= 0.3 is 0 Å². The first-order valence-corrected chi connectivity index (χ1v) is 6.54. The molecule has 2 aromatic rings. The molecule has 0 saturated carbocycles. The maximum absolute atomic E-state index is 13.9. The Balaban J connectivity index is 2.58. The molecular weight excluding hydrogens is 319 g/mol. The predicted octanol–water partition coefficient (Wildman–Crippen LogP) is 4.76. The second-order valence-corrected chi connectivity index (χ2v) is 4.97. The molecule has 6 heteroatoms. The van der Waals surface area contributed by atoms with E-state index in [1.165, 1.54) is 24.3 Å². The van der Waals surface area contributed by atoms with Gasteiger partial charge in [0, 0.05) is 10.6 Å². The third-order valence-corrected chi connectivity index (χ3v) is 3.53. The zero-order valence-corrected chi connectivity index (χ0v) is 11.9. The van der Waals surface area contributed by atoms with E-state index in [1.54, 1.807) is 6.07 Å². The number of hydrogen-bond donors (Lipinski definition) is 0. The molecule has 0 amide bonds. The quantitative estimate of drug-likeness (QED) is 0.763. The smallest absolute Gasteiger partial charge is 0.189 e. The van der Waals surface area contributed by atoms with Crippen LogP contribution >= 0.6 is 23.2 Å². The molecule has 0 bridgehead atoms. The van der Waals surface area contributed by atoms with Gasteiger partial charge in [-0.1, -0.05) is 35.3 Å². The molecule has 0 aromatic heterocycles. The lowest BCUT2D eigenvalue weighted by Gasteiger charge is -2.13. The van der Waals surface area contributed by atoms with Crippen molar-refractivity contribution >= 4 is 29.0 Å². The number of benzene rings is 2. The Kier molecular flexibility index (Phi) is 4.56. The minimum Gasteiger partial charge on any atom is -0.292 e. The van der Waals surface area contributed by atoms with Crippen LogP contribution in [-0.4, -0.2) is 5.78 Å². The molecular formula is C15H7Cl2F2NO. The summed E-state index contributed by atoms with van der Waals surface area (Å²) in [5.41, 5.74) is -0.740. The Labute approximate surface area is 129 Å². The van der Waals surface area contributed by atoms with Crippen LogP contribution in [0.4, 0.5) is 8.78 Å². The second kappa shape index (κ2) is 6.21. The Morgan fingerprint density at radius 2 is 1.62 bits per heavy atom. The van der Waals surface area contributed by atoms with Gasteiger partial charge in [-0.25, -0.2) is 8.78 Å². The molecule has 106 valence electrons. The molecule has 0 heterocycles. The highest BCUT2D eigenvalue weighted by Crippen LogP contribution is 2.32. The number of nitriles is 1. The van der Waals surface area contributed by atoms with Crippen LogP contribution in [-0.2, 0) is 0 Å². The lowest BCUT2D eigenvalue weighted by molar-refractivity contribution is 0.0973. The van der Waals surface area contributed by atoms with Crippen LogP contribution in [0.15, 0.2) is 36.4 Å². The number of Topliss-reactive ketones (excluding diaryl/α,β-unsaturated/α-hetero) is 1. The number of hydrogen-bond acceptors (Lipinski definition) is 2. The number of nitrogens with zero attached hydrogens (tertiary/aromatic N) is 1. The van der Waals surface area contributed by atoms with E-state index < -0.39 is 28.9 Å². The lowest BCUT2D eigenvalue weighted by Crippen LogP contribution is -2.15. The molecule has 2 rings (SSSR count). The van der Waals surface area contributed by atoms with Crippen molar-refractivity contribution in [3.05, 3.63) is 69.2 Å². The van der Waals surface area contributed by atoms with Crippen LogP contribution in [0.5, 0.6) is 0 Å². The molecule has 0 aliphatic carbocycles. The third kappa shape index (κ3) is 2.90. The van der Waals surface area contributed by atoms with Crippen LogP contribution in [0.25, 0.3) is 0 Å². The molecule has 1 unspecified atom stereocenters. The topological polar surface area (TPSA) is 40.9 Å². The fraction of sp³-hybridized carbons (Fsp3) is 0.0667. The number of carbonyl (C=O) groups excluding carboxylic acids is 1. The SMILES string of the molecule is N#CC(C(=O)c1c(F)cccc1Cl)c1c(F)cccc1Cl. The van der Waals surface area contributed by atoms with Gasteiger partial charge in [0.1, 0.15) is 17.6 Å². The van der Waals surface area contributed by atoms with Crippen molar-refractivity contribution in [2.75, 3.05) is 0 Å². The summed E-state index contributed by atoms with van der Waals surface area (Å²) in [7, 11) is 0. The summed E-state index contributed by atoms with van der Waals surface area (Å²) in [5.74, 6) is -4.20. The fourth-order valence-electron chi connectivity index (χ4n) is 1.92. The third-order valence-electron chi connectivity index (χ3n) is 2.89. The first-order valence-electron chi connectivity index (χ1n) is 5.79. The van der Waals surface area contributed by atoms with E-state index in [-0.39, 0.29) is 15.6 Å². The normalized spacial score (nSPS) is 11.8. The summed E-state index contributed by atoms with van der Waals surface area (Å²) in [6.45, 7) is 0. The molecule has 0 saturated heterocycles. The van der Waals surface area contributed by atoms with Gasteiger partial charge in [-0.3, -0.25) is 4.79 Å². The largest absolute Gasteiger partial charge is 0.292 e. The summed E-state index contributed by atoms with van der Waals surface area (Å²) in [6.07, 6.45) is 0. The number of rotatable bonds is 3. The zero-order chi connectivity index (χ0) is 15.6. The van der Waals surface area contributed by atoms with Crippen molar-refractivity contribution < 1.29 is 13.6 Å². The monoisotopic (exact) mass is 325 g/mol.